The Balaban J connectivity index is 1.92. The predicted molar refractivity (Wildman–Crippen MR) is 75.9 cm³/mol. The summed E-state index contributed by atoms with van der Waals surface area (Å²) in [6.45, 7) is 1.81. The van der Waals surface area contributed by atoms with E-state index < -0.39 is 17.6 Å². The molecule has 2 N–H and O–H groups in total. The number of aromatic nitrogens is 1. The average molecular weight is 287 g/mol. The van der Waals surface area contributed by atoms with Gasteiger partial charge < -0.3 is 10.6 Å². The van der Waals surface area contributed by atoms with Crippen LogP contribution in [0.5, 0.6) is 0 Å². The van der Waals surface area contributed by atoms with Gasteiger partial charge in [0.05, 0.1) is 12.2 Å². The van der Waals surface area contributed by atoms with Gasteiger partial charge in [0.15, 0.2) is 0 Å². The van der Waals surface area contributed by atoms with Gasteiger partial charge in [-0.3, -0.25) is 14.6 Å². The third kappa shape index (κ3) is 4.10. The average Bonchev–Trinajstić information content (AvgIpc) is 2.48. The number of hydrogen-bond acceptors (Lipinski definition) is 3. The Morgan fingerprint density at radius 2 is 2.00 bits per heavy atom. The fraction of sp³-hybridized carbons (Fsp3) is 0.133. The number of amides is 2. The molecule has 21 heavy (non-hydrogen) atoms. The Bertz CT molecular complexity index is 659. The topological polar surface area (TPSA) is 71.1 Å². The second kappa shape index (κ2) is 6.60. The molecule has 0 saturated carbocycles. The van der Waals surface area contributed by atoms with E-state index in [9.17, 15) is 14.0 Å². The summed E-state index contributed by atoms with van der Waals surface area (Å²) in [6.07, 6.45) is 1.60. The van der Waals surface area contributed by atoms with E-state index in [4.69, 9.17) is 0 Å². The molecule has 108 valence electrons. The van der Waals surface area contributed by atoms with Crippen LogP contribution in [0.1, 0.15) is 11.3 Å². The van der Waals surface area contributed by atoms with Crippen LogP contribution in [0.3, 0.4) is 0 Å². The van der Waals surface area contributed by atoms with Gasteiger partial charge in [-0.25, -0.2) is 4.39 Å². The van der Waals surface area contributed by atoms with E-state index in [1.165, 1.54) is 18.2 Å². The molecule has 0 spiro atoms. The molecule has 5 nitrogen and oxygen atoms in total. The first-order chi connectivity index (χ1) is 10.1. The SMILES string of the molecule is Cc1cc(F)ccc1NC(=O)C(=O)NCc1ccccn1. The Labute approximate surface area is 121 Å². The van der Waals surface area contributed by atoms with Crippen molar-refractivity contribution >= 4 is 17.5 Å². The van der Waals surface area contributed by atoms with Crippen molar-refractivity contribution in [3.8, 4) is 0 Å². The van der Waals surface area contributed by atoms with E-state index in [0.717, 1.165) is 0 Å². The van der Waals surface area contributed by atoms with Crippen LogP contribution in [0.15, 0.2) is 42.6 Å². The lowest BCUT2D eigenvalue weighted by Crippen LogP contribution is -2.35. The molecule has 0 aliphatic carbocycles. The van der Waals surface area contributed by atoms with E-state index >= 15 is 0 Å². The van der Waals surface area contributed by atoms with Crippen LogP contribution in [0.25, 0.3) is 0 Å². The van der Waals surface area contributed by atoms with Crippen molar-refractivity contribution in [1.82, 2.24) is 10.3 Å². The molecule has 0 saturated heterocycles. The van der Waals surface area contributed by atoms with Crippen LogP contribution in [-0.2, 0) is 16.1 Å². The van der Waals surface area contributed by atoms with Gasteiger partial charge >= 0.3 is 11.8 Å². The Kier molecular flexibility index (Phi) is 4.61. The highest BCUT2D eigenvalue weighted by molar-refractivity contribution is 6.39. The number of carbonyl (C=O) groups is 2. The molecule has 6 heteroatoms. The summed E-state index contributed by atoms with van der Waals surface area (Å²) in [5.74, 6) is -1.98. The van der Waals surface area contributed by atoms with E-state index in [2.05, 4.69) is 15.6 Å². The number of aryl methyl sites for hydroxylation is 1. The highest BCUT2D eigenvalue weighted by Crippen LogP contribution is 2.15. The summed E-state index contributed by atoms with van der Waals surface area (Å²) in [5.41, 5.74) is 1.59. The van der Waals surface area contributed by atoms with Crippen molar-refractivity contribution in [1.29, 1.82) is 0 Å². The molecular weight excluding hydrogens is 273 g/mol. The fourth-order valence-electron chi connectivity index (χ4n) is 1.70. The normalized spacial score (nSPS) is 10.0. The maximum atomic E-state index is 13.0. The molecule has 0 unspecified atom stereocenters. The third-order valence-electron chi connectivity index (χ3n) is 2.80. The zero-order valence-electron chi connectivity index (χ0n) is 11.4. The number of nitrogens with one attached hydrogen (secondary N) is 2. The molecule has 1 aromatic carbocycles. The molecule has 0 aliphatic rings. The molecule has 2 rings (SSSR count). The van der Waals surface area contributed by atoms with Gasteiger partial charge in [-0.2, -0.15) is 0 Å². The maximum Gasteiger partial charge on any atom is 0.313 e. The molecule has 0 radical (unpaired) electrons. The number of halogens is 1. The number of hydrogen-bond donors (Lipinski definition) is 2. The van der Waals surface area contributed by atoms with Crippen LogP contribution in [-0.4, -0.2) is 16.8 Å². The van der Waals surface area contributed by atoms with Crippen LogP contribution < -0.4 is 10.6 Å². The molecular formula is C15H14FN3O2. The summed E-state index contributed by atoms with van der Waals surface area (Å²) >= 11 is 0. The van der Waals surface area contributed by atoms with Crippen LogP contribution in [0, 0.1) is 12.7 Å². The van der Waals surface area contributed by atoms with Crippen LogP contribution in [0.4, 0.5) is 10.1 Å². The lowest BCUT2D eigenvalue weighted by molar-refractivity contribution is -0.136. The first-order valence-corrected chi connectivity index (χ1v) is 6.31. The minimum absolute atomic E-state index is 0.162. The number of carbonyl (C=O) groups excluding carboxylic acids is 2. The van der Waals surface area contributed by atoms with Crippen molar-refractivity contribution in [2.24, 2.45) is 0 Å². The second-order valence-electron chi connectivity index (χ2n) is 4.42. The summed E-state index contributed by atoms with van der Waals surface area (Å²) < 4.78 is 13.0. The van der Waals surface area contributed by atoms with E-state index in [-0.39, 0.29) is 6.54 Å². The number of pyridine rings is 1. The smallest absolute Gasteiger partial charge is 0.313 e. The van der Waals surface area contributed by atoms with Gasteiger partial charge in [-0.15, -0.1) is 0 Å². The number of benzene rings is 1. The van der Waals surface area contributed by atoms with Gasteiger partial charge in [0.25, 0.3) is 0 Å². The molecule has 1 aromatic heterocycles. The lowest BCUT2D eigenvalue weighted by atomic mass is 10.2. The first kappa shape index (κ1) is 14.6. The minimum atomic E-state index is -0.805. The van der Waals surface area contributed by atoms with E-state index in [1.54, 1.807) is 31.3 Å². The zero-order chi connectivity index (χ0) is 15.2. The van der Waals surface area contributed by atoms with Gasteiger partial charge in [0, 0.05) is 11.9 Å². The first-order valence-electron chi connectivity index (χ1n) is 6.31. The van der Waals surface area contributed by atoms with Gasteiger partial charge in [-0.1, -0.05) is 6.07 Å². The van der Waals surface area contributed by atoms with Crippen molar-refractivity contribution in [2.45, 2.75) is 13.5 Å². The molecule has 1 heterocycles. The summed E-state index contributed by atoms with van der Waals surface area (Å²) in [4.78, 5) is 27.4. The predicted octanol–water partition coefficient (Wildman–Crippen LogP) is 1.78. The highest BCUT2D eigenvalue weighted by atomic mass is 19.1. The van der Waals surface area contributed by atoms with Gasteiger partial charge in [0.1, 0.15) is 5.82 Å². The van der Waals surface area contributed by atoms with Crippen molar-refractivity contribution in [3.05, 3.63) is 59.7 Å². The standard InChI is InChI=1S/C15H14FN3O2/c1-10-8-11(16)5-6-13(10)19-15(21)14(20)18-9-12-4-2-3-7-17-12/h2-8H,9H2,1H3,(H,18,20)(H,19,21). The Morgan fingerprint density at radius 3 is 2.67 bits per heavy atom. The maximum absolute atomic E-state index is 13.0. The minimum Gasteiger partial charge on any atom is -0.342 e. The fourth-order valence-corrected chi connectivity index (χ4v) is 1.70. The number of anilines is 1. The monoisotopic (exact) mass is 287 g/mol. The van der Waals surface area contributed by atoms with Gasteiger partial charge in [0.2, 0.25) is 0 Å². The molecule has 0 aliphatic heterocycles. The van der Waals surface area contributed by atoms with Crippen molar-refractivity contribution in [2.75, 3.05) is 5.32 Å². The number of nitrogens with zero attached hydrogens (tertiary/aromatic N) is 1. The molecule has 2 aromatic rings. The summed E-state index contributed by atoms with van der Waals surface area (Å²) in [6, 6.07) is 9.19. The zero-order valence-corrected chi connectivity index (χ0v) is 11.4. The van der Waals surface area contributed by atoms with E-state index in [0.29, 0.717) is 16.9 Å². The largest absolute Gasteiger partial charge is 0.342 e. The Hall–Kier alpha value is -2.76. The quantitative estimate of drug-likeness (QED) is 0.845. The van der Waals surface area contributed by atoms with Crippen LogP contribution >= 0.6 is 0 Å². The Morgan fingerprint density at radius 1 is 1.19 bits per heavy atom. The summed E-state index contributed by atoms with van der Waals surface area (Å²) in [5, 5.41) is 4.90. The highest BCUT2D eigenvalue weighted by Gasteiger charge is 2.14. The van der Waals surface area contributed by atoms with Crippen molar-refractivity contribution in [3.63, 3.8) is 0 Å². The van der Waals surface area contributed by atoms with Crippen molar-refractivity contribution < 1.29 is 14.0 Å². The number of rotatable bonds is 3. The molecule has 0 atom stereocenters. The molecule has 0 bridgehead atoms. The second-order valence-corrected chi connectivity index (χ2v) is 4.42. The van der Waals surface area contributed by atoms with Crippen LogP contribution in [0.2, 0.25) is 0 Å². The molecule has 2 amide bonds. The lowest BCUT2D eigenvalue weighted by Gasteiger charge is -2.08. The summed E-state index contributed by atoms with van der Waals surface area (Å²) in [7, 11) is 0. The van der Waals surface area contributed by atoms with Gasteiger partial charge in [-0.05, 0) is 42.8 Å². The third-order valence-corrected chi connectivity index (χ3v) is 2.80. The van der Waals surface area contributed by atoms with E-state index in [1.807, 2.05) is 0 Å². The molecule has 0 fully saturated rings.